The summed E-state index contributed by atoms with van der Waals surface area (Å²) in [6.07, 6.45) is 3.57. The van der Waals surface area contributed by atoms with Gasteiger partial charge in [-0.15, -0.1) is 0 Å². The maximum absolute atomic E-state index is 13.2. The van der Waals surface area contributed by atoms with Crippen molar-refractivity contribution in [3.8, 4) is 5.75 Å². The zero-order valence-electron chi connectivity index (χ0n) is 13.3. The molecule has 3 rings (SSSR count). The molecule has 1 saturated heterocycles. The molecule has 2 atom stereocenters. The Kier molecular flexibility index (Phi) is 4.89. The Labute approximate surface area is 138 Å². The quantitative estimate of drug-likeness (QED) is 0.929. The average Bonchev–Trinajstić information content (AvgIpc) is 2.56. The van der Waals surface area contributed by atoms with Crippen molar-refractivity contribution in [1.29, 1.82) is 0 Å². The lowest BCUT2D eigenvalue weighted by Gasteiger charge is -2.35. The Balaban J connectivity index is 1.64. The van der Waals surface area contributed by atoms with Gasteiger partial charge < -0.3 is 14.7 Å². The van der Waals surface area contributed by atoms with Gasteiger partial charge >= 0.3 is 0 Å². The topological polar surface area (TPSA) is 58.5 Å². The number of β-amino-alcohol motifs (C(OH)–C–C–N with tert-alkyl or cyclic N) is 1. The number of hydrogen-bond acceptors (Lipinski definition) is 5. The molecule has 2 heterocycles. The van der Waals surface area contributed by atoms with E-state index in [-0.39, 0.29) is 5.75 Å². The monoisotopic (exact) mass is 335 g/mol. The number of anilines is 1. The molecular weight excluding hydrogens is 316 g/mol. The first-order valence-electron chi connectivity index (χ1n) is 7.92. The third-order valence-electron chi connectivity index (χ3n) is 4.03. The van der Waals surface area contributed by atoms with E-state index >= 15 is 0 Å². The molecule has 0 spiro atoms. The van der Waals surface area contributed by atoms with Crippen molar-refractivity contribution in [2.45, 2.75) is 32.0 Å². The number of benzene rings is 1. The van der Waals surface area contributed by atoms with Crippen LogP contribution in [0.3, 0.4) is 0 Å². The fourth-order valence-corrected chi connectivity index (χ4v) is 2.69. The molecule has 24 heavy (non-hydrogen) atoms. The van der Waals surface area contributed by atoms with Crippen LogP contribution in [0.1, 0.15) is 18.9 Å². The molecule has 7 heteroatoms. The first kappa shape index (κ1) is 16.6. The number of nitrogens with zero attached hydrogens (tertiary/aromatic N) is 3. The lowest BCUT2D eigenvalue weighted by atomic mass is 10.1. The Hall–Kier alpha value is -2.28. The van der Waals surface area contributed by atoms with Gasteiger partial charge in [0, 0.05) is 43.6 Å². The predicted molar refractivity (Wildman–Crippen MR) is 85.0 cm³/mol. The van der Waals surface area contributed by atoms with Gasteiger partial charge in [-0.2, -0.15) is 0 Å². The van der Waals surface area contributed by atoms with E-state index in [1.807, 2.05) is 11.8 Å². The van der Waals surface area contributed by atoms with Gasteiger partial charge in [0.25, 0.3) is 0 Å². The van der Waals surface area contributed by atoms with Crippen molar-refractivity contribution in [2.24, 2.45) is 0 Å². The summed E-state index contributed by atoms with van der Waals surface area (Å²) in [7, 11) is 0. The molecule has 2 aromatic rings. The van der Waals surface area contributed by atoms with Crippen molar-refractivity contribution in [2.75, 3.05) is 18.0 Å². The fourth-order valence-electron chi connectivity index (χ4n) is 2.69. The second kappa shape index (κ2) is 7.09. The molecule has 0 saturated carbocycles. The van der Waals surface area contributed by atoms with Gasteiger partial charge in [0.05, 0.1) is 6.54 Å². The molecule has 1 aliphatic rings. The number of aliphatic hydroxyl groups is 1. The Morgan fingerprint density at radius 2 is 1.88 bits per heavy atom. The highest BCUT2D eigenvalue weighted by molar-refractivity contribution is 5.32. The summed E-state index contributed by atoms with van der Waals surface area (Å²) >= 11 is 0. The SMILES string of the molecule is CCc1cnc(N2CC[C@@H](Oc3cc(F)cc(F)c3)[C@H](O)C2)nc1. The molecule has 0 unspecified atom stereocenters. The van der Waals surface area contributed by atoms with Crippen LogP contribution in [0, 0.1) is 11.6 Å². The lowest BCUT2D eigenvalue weighted by molar-refractivity contribution is 0.0235. The standard InChI is InChI=1S/C17H19F2N3O2/c1-2-11-8-20-17(21-9-11)22-4-3-16(15(23)10-22)24-14-6-12(18)5-13(19)7-14/h5-9,15-16,23H,2-4,10H2,1H3/t15-,16-/m1/s1. The smallest absolute Gasteiger partial charge is 0.225 e. The molecule has 5 nitrogen and oxygen atoms in total. The van der Waals surface area contributed by atoms with Gasteiger partial charge in [0.1, 0.15) is 29.6 Å². The summed E-state index contributed by atoms with van der Waals surface area (Å²) in [5, 5.41) is 10.3. The summed E-state index contributed by atoms with van der Waals surface area (Å²) < 4.78 is 32.0. The number of piperidine rings is 1. The van der Waals surface area contributed by atoms with E-state index in [1.165, 1.54) is 0 Å². The minimum atomic E-state index is -0.806. The van der Waals surface area contributed by atoms with Crippen LogP contribution in [0.25, 0.3) is 0 Å². The van der Waals surface area contributed by atoms with Gasteiger partial charge in [-0.25, -0.2) is 18.7 Å². The zero-order valence-corrected chi connectivity index (χ0v) is 13.3. The summed E-state index contributed by atoms with van der Waals surface area (Å²) in [5.74, 6) is -0.780. The highest BCUT2D eigenvalue weighted by Crippen LogP contribution is 2.23. The molecule has 128 valence electrons. The molecule has 0 radical (unpaired) electrons. The highest BCUT2D eigenvalue weighted by Gasteiger charge is 2.30. The summed E-state index contributed by atoms with van der Waals surface area (Å²) in [6, 6.07) is 2.99. The van der Waals surface area contributed by atoms with Gasteiger partial charge in [-0.05, 0) is 12.0 Å². The van der Waals surface area contributed by atoms with E-state index in [1.54, 1.807) is 12.4 Å². The van der Waals surface area contributed by atoms with E-state index in [0.29, 0.717) is 25.5 Å². The maximum atomic E-state index is 13.2. The summed E-state index contributed by atoms with van der Waals surface area (Å²) in [5.41, 5.74) is 1.05. The molecule has 0 aliphatic carbocycles. The van der Waals surface area contributed by atoms with Crippen molar-refractivity contribution >= 4 is 5.95 Å². The third-order valence-corrected chi connectivity index (χ3v) is 4.03. The normalized spacial score (nSPS) is 20.9. The van der Waals surface area contributed by atoms with Crippen LogP contribution in [-0.2, 0) is 6.42 Å². The molecule has 1 aromatic carbocycles. The second-order valence-electron chi connectivity index (χ2n) is 5.81. The zero-order chi connectivity index (χ0) is 17.1. The van der Waals surface area contributed by atoms with Gasteiger partial charge in [0.2, 0.25) is 5.95 Å². The van der Waals surface area contributed by atoms with Gasteiger partial charge in [0.15, 0.2) is 0 Å². The van der Waals surface area contributed by atoms with E-state index in [0.717, 1.165) is 30.2 Å². The number of rotatable bonds is 4. The molecular formula is C17H19F2N3O2. The van der Waals surface area contributed by atoms with Crippen LogP contribution >= 0.6 is 0 Å². The number of hydrogen-bond donors (Lipinski definition) is 1. The van der Waals surface area contributed by atoms with Crippen LogP contribution in [-0.4, -0.2) is 40.4 Å². The van der Waals surface area contributed by atoms with Crippen LogP contribution in [0.2, 0.25) is 0 Å². The molecule has 1 N–H and O–H groups in total. The fraction of sp³-hybridized carbons (Fsp3) is 0.412. The number of ether oxygens (including phenoxy) is 1. The first-order valence-corrected chi connectivity index (χ1v) is 7.92. The average molecular weight is 335 g/mol. The van der Waals surface area contributed by atoms with Crippen LogP contribution in [0.4, 0.5) is 14.7 Å². The molecule has 0 bridgehead atoms. The van der Waals surface area contributed by atoms with Crippen molar-refractivity contribution in [1.82, 2.24) is 9.97 Å². The Bertz CT molecular complexity index is 676. The molecule has 1 aliphatic heterocycles. The van der Waals surface area contributed by atoms with Crippen LogP contribution in [0.15, 0.2) is 30.6 Å². The molecule has 0 amide bonds. The highest BCUT2D eigenvalue weighted by atomic mass is 19.1. The summed E-state index contributed by atoms with van der Waals surface area (Å²) in [6.45, 7) is 2.92. The minimum absolute atomic E-state index is 0.0774. The largest absolute Gasteiger partial charge is 0.487 e. The van der Waals surface area contributed by atoms with E-state index in [4.69, 9.17) is 4.74 Å². The Morgan fingerprint density at radius 3 is 2.46 bits per heavy atom. The number of aryl methyl sites for hydroxylation is 1. The van der Waals surface area contributed by atoms with E-state index in [9.17, 15) is 13.9 Å². The van der Waals surface area contributed by atoms with E-state index < -0.39 is 23.8 Å². The van der Waals surface area contributed by atoms with Crippen molar-refractivity contribution in [3.05, 3.63) is 47.8 Å². The van der Waals surface area contributed by atoms with Crippen LogP contribution < -0.4 is 9.64 Å². The molecule has 1 aromatic heterocycles. The molecule has 1 fully saturated rings. The van der Waals surface area contributed by atoms with Crippen LogP contribution in [0.5, 0.6) is 5.75 Å². The van der Waals surface area contributed by atoms with Crippen molar-refractivity contribution in [3.63, 3.8) is 0 Å². The maximum Gasteiger partial charge on any atom is 0.225 e. The first-order chi connectivity index (χ1) is 11.5. The number of halogens is 2. The Morgan fingerprint density at radius 1 is 1.21 bits per heavy atom. The third kappa shape index (κ3) is 3.79. The van der Waals surface area contributed by atoms with Gasteiger partial charge in [-0.1, -0.05) is 6.92 Å². The van der Waals surface area contributed by atoms with E-state index in [2.05, 4.69) is 9.97 Å². The van der Waals surface area contributed by atoms with Gasteiger partial charge in [-0.3, -0.25) is 0 Å². The minimum Gasteiger partial charge on any atom is -0.487 e. The lowest BCUT2D eigenvalue weighted by Crippen LogP contribution is -2.49. The summed E-state index contributed by atoms with van der Waals surface area (Å²) in [4.78, 5) is 10.5. The van der Waals surface area contributed by atoms with Crippen molar-refractivity contribution < 1.29 is 18.6 Å². The number of aromatic nitrogens is 2. The second-order valence-corrected chi connectivity index (χ2v) is 5.81. The number of aliphatic hydroxyl groups excluding tert-OH is 1. The predicted octanol–water partition coefficient (Wildman–Crippen LogP) is 2.34.